The zero-order valence-corrected chi connectivity index (χ0v) is 12.2. The predicted molar refractivity (Wildman–Crippen MR) is 76.8 cm³/mol. The van der Waals surface area contributed by atoms with E-state index in [0.29, 0.717) is 24.3 Å². The number of amides is 1. The van der Waals surface area contributed by atoms with Crippen molar-refractivity contribution in [1.29, 1.82) is 0 Å². The van der Waals surface area contributed by atoms with Crippen molar-refractivity contribution < 1.29 is 24.2 Å². The van der Waals surface area contributed by atoms with E-state index in [1.54, 1.807) is 31.2 Å². The van der Waals surface area contributed by atoms with E-state index >= 15 is 0 Å². The Morgan fingerprint density at radius 3 is 2.52 bits per heavy atom. The molecule has 0 saturated heterocycles. The molecule has 1 aromatic carbocycles. The highest BCUT2D eigenvalue weighted by Crippen LogP contribution is 2.21. The molecule has 116 valence electrons. The van der Waals surface area contributed by atoms with Gasteiger partial charge in [0.1, 0.15) is 11.9 Å². The van der Waals surface area contributed by atoms with Crippen LogP contribution in [0.2, 0.25) is 0 Å². The van der Waals surface area contributed by atoms with Crippen LogP contribution in [0, 0.1) is 0 Å². The Morgan fingerprint density at radius 2 is 2.00 bits per heavy atom. The van der Waals surface area contributed by atoms with Crippen molar-refractivity contribution in [2.75, 3.05) is 13.2 Å². The Labute approximate surface area is 124 Å². The maximum absolute atomic E-state index is 11.7. The molecule has 0 fully saturated rings. The van der Waals surface area contributed by atoms with Crippen molar-refractivity contribution >= 4 is 12.4 Å². The van der Waals surface area contributed by atoms with E-state index in [4.69, 9.17) is 9.47 Å². The van der Waals surface area contributed by atoms with Crippen LogP contribution in [0.3, 0.4) is 0 Å². The minimum Gasteiger partial charge on any atom is -0.494 e. The fourth-order valence-corrected chi connectivity index (χ4v) is 1.77. The van der Waals surface area contributed by atoms with Gasteiger partial charge in [-0.1, -0.05) is 19.1 Å². The van der Waals surface area contributed by atoms with E-state index in [9.17, 15) is 14.7 Å². The molecule has 0 spiro atoms. The third-order valence-corrected chi connectivity index (χ3v) is 2.80. The van der Waals surface area contributed by atoms with Crippen LogP contribution in [0.5, 0.6) is 5.75 Å². The summed E-state index contributed by atoms with van der Waals surface area (Å²) in [6, 6.07) is 5.57. The minimum atomic E-state index is -1.19. The summed E-state index contributed by atoms with van der Waals surface area (Å²) in [5.41, 5.74) is 0.492. The van der Waals surface area contributed by atoms with Crippen molar-refractivity contribution in [3.05, 3.63) is 29.8 Å². The topological polar surface area (TPSA) is 84.9 Å². The summed E-state index contributed by atoms with van der Waals surface area (Å²) in [7, 11) is 0. The number of nitrogens with one attached hydrogen (secondary N) is 1. The smallest absolute Gasteiger partial charge is 0.331 e. The summed E-state index contributed by atoms with van der Waals surface area (Å²) < 4.78 is 10.3. The van der Waals surface area contributed by atoms with E-state index in [2.05, 4.69) is 5.32 Å². The van der Waals surface area contributed by atoms with Crippen molar-refractivity contribution in [2.24, 2.45) is 0 Å². The molecule has 0 aliphatic carbocycles. The fourth-order valence-electron chi connectivity index (χ4n) is 1.77. The Balaban J connectivity index is 2.80. The summed E-state index contributed by atoms with van der Waals surface area (Å²) in [5.74, 6) is 0.00670. The van der Waals surface area contributed by atoms with Gasteiger partial charge in [0.15, 0.2) is 6.04 Å². The van der Waals surface area contributed by atoms with Gasteiger partial charge in [0.05, 0.1) is 13.2 Å². The number of esters is 1. The monoisotopic (exact) mass is 295 g/mol. The van der Waals surface area contributed by atoms with Crippen LogP contribution in [0.4, 0.5) is 0 Å². The first kappa shape index (κ1) is 17.0. The first-order chi connectivity index (χ1) is 10.1. The van der Waals surface area contributed by atoms with E-state index < -0.39 is 18.1 Å². The average molecular weight is 295 g/mol. The Hall–Kier alpha value is -2.08. The molecule has 0 aliphatic heterocycles. The maximum atomic E-state index is 11.7. The summed E-state index contributed by atoms with van der Waals surface area (Å²) in [6.07, 6.45) is 0.0803. The van der Waals surface area contributed by atoms with Crippen LogP contribution in [-0.2, 0) is 14.3 Å². The number of hydrogen-bond acceptors (Lipinski definition) is 5. The number of aliphatic hydroxyl groups excluding tert-OH is 1. The lowest BCUT2D eigenvalue weighted by molar-refractivity contribution is -0.149. The Kier molecular flexibility index (Phi) is 7.25. The highest BCUT2D eigenvalue weighted by Gasteiger charge is 2.28. The molecule has 0 aliphatic rings. The molecule has 0 heterocycles. The van der Waals surface area contributed by atoms with Gasteiger partial charge >= 0.3 is 5.97 Å². The molecule has 2 N–H and O–H groups in total. The van der Waals surface area contributed by atoms with Gasteiger partial charge in [0.25, 0.3) is 0 Å². The van der Waals surface area contributed by atoms with Gasteiger partial charge in [-0.25, -0.2) is 4.79 Å². The van der Waals surface area contributed by atoms with Gasteiger partial charge < -0.3 is 19.9 Å². The SMILES string of the molecule is CCCOc1ccc(C(O)C(NC=O)C(=O)OCC)cc1. The van der Waals surface area contributed by atoms with Gasteiger partial charge in [-0.05, 0) is 31.0 Å². The minimum absolute atomic E-state index is 0.173. The lowest BCUT2D eigenvalue weighted by atomic mass is 10.0. The standard InChI is InChI=1S/C15H21NO5/c1-3-9-21-12-7-5-11(6-8-12)14(18)13(16-10-17)15(19)20-4-2/h5-8,10,13-14,18H,3-4,9H2,1-2H3,(H,16,17). The molecule has 1 rings (SSSR count). The molecule has 1 amide bonds. The largest absolute Gasteiger partial charge is 0.494 e. The van der Waals surface area contributed by atoms with Gasteiger partial charge in [-0.15, -0.1) is 0 Å². The molecular formula is C15H21NO5. The van der Waals surface area contributed by atoms with Crippen LogP contribution < -0.4 is 10.1 Å². The van der Waals surface area contributed by atoms with Gasteiger partial charge in [-0.2, -0.15) is 0 Å². The maximum Gasteiger partial charge on any atom is 0.331 e. The first-order valence-corrected chi connectivity index (χ1v) is 6.91. The lowest BCUT2D eigenvalue weighted by Crippen LogP contribution is -2.42. The number of carbonyl (C=O) groups is 2. The van der Waals surface area contributed by atoms with Gasteiger partial charge in [0.2, 0.25) is 6.41 Å². The van der Waals surface area contributed by atoms with E-state index in [1.165, 1.54) is 0 Å². The second kappa shape index (κ2) is 8.97. The van der Waals surface area contributed by atoms with Crippen molar-refractivity contribution in [3.8, 4) is 5.75 Å². The van der Waals surface area contributed by atoms with Crippen molar-refractivity contribution in [2.45, 2.75) is 32.4 Å². The van der Waals surface area contributed by atoms with Gasteiger partial charge in [0, 0.05) is 0 Å². The second-order valence-electron chi connectivity index (χ2n) is 4.38. The zero-order chi connectivity index (χ0) is 15.7. The third kappa shape index (κ3) is 5.07. The molecule has 0 radical (unpaired) electrons. The summed E-state index contributed by atoms with van der Waals surface area (Å²) >= 11 is 0. The number of rotatable bonds is 9. The normalized spacial score (nSPS) is 13.1. The molecule has 0 saturated carbocycles. The molecule has 21 heavy (non-hydrogen) atoms. The Bertz CT molecular complexity index is 446. The highest BCUT2D eigenvalue weighted by atomic mass is 16.5. The molecule has 0 aromatic heterocycles. The lowest BCUT2D eigenvalue weighted by Gasteiger charge is -2.21. The number of ether oxygens (including phenoxy) is 2. The molecule has 6 nitrogen and oxygen atoms in total. The predicted octanol–water partition coefficient (Wildman–Crippen LogP) is 1.19. The molecule has 2 unspecified atom stereocenters. The van der Waals surface area contributed by atoms with E-state index in [-0.39, 0.29) is 6.61 Å². The van der Waals surface area contributed by atoms with Crippen molar-refractivity contribution in [3.63, 3.8) is 0 Å². The third-order valence-electron chi connectivity index (χ3n) is 2.80. The quantitative estimate of drug-likeness (QED) is 0.528. The molecule has 1 aromatic rings. The number of hydrogen-bond donors (Lipinski definition) is 2. The number of carbonyl (C=O) groups excluding carboxylic acids is 2. The van der Waals surface area contributed by atoms with Crippen LogP contribution >= 0.6 is 0 Å². The molecule has 2 atom stereocenters. The molecule has 0 bridgehead atoms. The first-order valence-electron chi connectivity index (χ1n) is 6.91. The second-order valence-corrected chi connectivity index (χ2v) is 4.38. The average Bonchev–Trinajstić information content (AvgIpc) is 2.50. The van der Waals surface area contributed by atoms with Crippen molar-refractivity contribution in [1.82, 2.24) is 5.32 Å². The summed E-state index contributed by atoms with van der Waals surface area (Å²) in [4.78, 5) is 22.3. The number of benzene rings is 1. The van der Waals surface area contributed by atoms with Crippen LogP contribution in [0.15, 0.2) is 24.3 Å². The van der Waals surface area contributed by atoms with Crippen LogP contribution in [0.1, 0.15) is 31.9 Å². The van der Waals surface area contributed by atoms with Gasteiger partial charge in [-0.3, -0.25) is 4.79 Å². The number of aliphatic hydroxyl groups is 1. The van der Waals surface area contributed by atoms with E-state index in [0.717, 1.165) is 6.42 Å². The Morgan fingerprint density at radius 1 is 1.33 bits per heavy atom. The molecular weight excluding hydrogens is 274 g/mol. The summed E-state index contributed by atoms with van der Waals surface area (Å²) in [6.45, 7) is 4.45. The highest BCUT2D eigenvalue weighted by molar-refractivity contribution is 5.79. The zero-order valence-electron chi connectivity index (χ0n) is 12.2. The van der Waals surface area contributed by atoms with Crippen LogP contribution in [-0.4, -0.2) is 36.7 Å². The van der Waals surface area contributed by atoms with E-state index in [1.807, 2.05) is 6.92 Å². The summed E-state index contributed by atoms with van der Waals surface area (Å²) in [5, 5.41) is 12.5. The van der Waals surface area contributed by atoms with Crippen LogP contribution in [0.25, 0.3) is 0 Å². The molecule has 6 heteroatoms. The fraction of sp³-hybridized carbons (Fsp3) is 0.467.